The Bertz CT molecular complexity index is 334. The molecule has 1 aromatic rings. The van der Waals surface area contributed by atoms with Crippen molar-refractivity contribution in [2.75, 3.05) is 0 Å². The molecule has 0 spiro atoms. The summed E-state index contributed by atoms with van der Waals surface area (Å²) in [5.74, 6) is 1.21. The molecule has 0 saturated heterocycles. The van der Waals surface area contributed by atoms with Gasteiger partial charge in [0, 0.05) is 30.7 Å². The standard InChI is InChI=1S/C12H19ClN2/c1-3-15-7-6-14-11(15)9-12(2)5-4-10(13)8-12/h6-7,10H,3-5,8-9H2,1-2H3. The van der Waals surface area contributed by atoms with Gasteiger partial charge in [-0.1, -0.05) is 6.92 Å². The lowest BCUT2D eigenvalue weighted by molar-refractivity contribution is 0.322. The zero-order valence-electron chi connectivity index (χ0n) is 9.54. The number of rotatable bonds is 3. The lowest BCUT2D eigenvalue weighted by atomic mass is 9.85. The Morgan fingerprint density at radius 3 is 3.07 bits per heavy atom. The van der Waals surface area contributed by atoms with Crippen LogP contribution in [0.25, 0.3) is 0 Å². The molecule has 0 radical (unpaired) electrons. The fourth-order valence-electron chi connectivity index (χ4n) is 2.58. The van der Waals surface area contributed by atoms with Gasteiger partial charge in [-0.2, -0.15) is 0 Å². The van der Waals surface area contributed by atoms with E-state index in [1.165, 1.54) is 12.2 Å². The largest absolute Gasteiger partial charge is 0.335 e. The van der Waals surface area contributed by atoms with Gasteiger partial charge in [0.05, 0.1) is 0 Å². The van der Waals surface area contributed by atoms with Gasteiger partial charge in [0.25, 0.3) is 0 Å². The molecule has 0 N–H and O–H groups in total. The van der Waals surface area contributed by atoms with Crippen molar-refractivity contribution in [2.45, 2.75) is 51.5 Å². The van der Waals surface area contributed by atoms with E-state index in [2.05, 4.69) is 29.6 Å². The second-order valence-electron chi connectivity index (χ2n) is 4.96. The maximum absolute atomic E-state index is 6.18. The summed E-state index contributed by atoms with van der Waals surface area (Å²) in [5.41, 5.74) is 0.366. The predicted molar refractivity (Wildman–Crippen MR) is 63.2 cm³/mol. The fraction of sp³-hybridized carbons (Fsp3) is 0.750. The van der Waals surface area contributed by atoms with Gasteiger partial charge in [0.15, 0.2) is 0 Å². The van der Waals surface area contributed by atoms with E-state index in [-0.39, 0.29) is 0 Å². The summed E-state index contributed by atoms with van der Waals surface area (Å²) >= 11 is 6.18. The number of aryl methyl sites for hydroxylation is 1. The van der Waals surface area contributed by atoms with Gasteiger partial charge in [-0.15, -0.1) is 11.6 Å². The molecule has 0 aromatic carbocycles. The van der Waals surface area contributed by atoms with E-state index in [4.69, 9.17) is 11.6 Å². The van der Waals surface area contributed by atoms with E-state index in [0.717, 1.165) is 25.8 Å². The molecule has 1 aliphatic rings. The van der Waals surface area contributed by atoms with Crippen molar-refractivity contribution in [2.24, 2.45) is 5.41 Å². The third-order valence-corrected chi connectivity index (χ3v) is 3.88. The smallest absolute Gasteiger partial charge is 0.109 e. The van der Waals surface area contributed by atoms with E-state index in [1.807, 2.05) is 6.20 Å². The minimum Gasteiger partial charge on any atom is -0.335 e. The van der Waals surface area contributed by atoms with Crippen molar-refractivity contribution >= 4 is 11.6 Å². The molecule has 2 nitrogen and oxygen atoms in total. The van der Waals surface area contributed by atoms with Crippen molar-refractivity contribution < 1.29 is 0 Å². The third-order valence-electron chi connectivity index (χ3n) is 3.50. The number of aromatic nitrogens is 2. The zero-order chi connectivity index (χ0) is 10.9. The van der Waals surface area contributed by atoms with Crippen LogP contribution in [-0.4, -0.2) is 14.9 Å². The summed E-state index contributed by atoms with van der Waals surface area (Å²) < 4.78 is 2.23. The Hall–Kier alpha value is -0.500. The number of hydrogen-bond acceptors (Lipinski definition) is 1. The number of imidazole rings is 1. The molecule has 3 heteroatoms. The summed E-state index contributed by atoms with van der Waals surface area (Å²) in [4.78, 5) is 4.44. The van der Waals surface area contributed by atoms with Gasteiger partial charge in [0.1, 0.15) is 5.82 Å². The fourth-order valence-corrected chi connectivity index (χ4v) is 3.06. The van der Waals surface area contributed by atoms with E-state index in [1.54, 1.807) is 0 Å². The van der Waals surface area contributed by atoms with Crippen LogP contribution in [0.5, 0.6) is 0 Å². The number of halogens is 1. The van der Waals surface area contributed by atoms with Gasteiger partial charge in [-0.3, -0.25) is 0 Å². The highest BCUT2D eigenvalue weighted by molar-refractivity contribution is 6.20. The minimum atomic E-state index is 0.366. The van der Waals surface area contributed by atoms with E-state index in [0.29, 0.717) is 10.8 Å². The molecule has 15 heavy (non-hydrogen) atoms. The van der Waals surface area contributed by atoms with E-state index in [9.17, 15) is 0 Å². The first-order chi connectivity index (χ1) is 7.13. The Kier molecular flexibility index (Phi) is 3.06. The Morgan fingerprint density at radius 1 is 1.67 bits per heavy atom. The molecule has 2 unspecified atom stereocenters. The van der Waals surface area contributed by atoms with Gasteiger partial charge < -0.3 is 4.57 Å². The van der Waals surface area contributed by atoms with Crippen LogP contribution in [0, 0.1) is 5.41 Å². The monoisotopic (exact) mass is 226 g/mol. The normalized spacial score (nSPS) is 31.0. The van der Waals surface area contributed by atoms with Gasteiger partial charge >= 0.3 is 0 Å². The van der Waals surface area contributed by atoms with Crippen molar-refractivity contribution in [1.82, 2.24) is 9.55 Å². The van der Waals surface area contributed by atoms with Crippen LogP contribution in [0.3, 0.4) is 0 Å². The van der Waals surface area contributed by atoms with Gasteiger partial charge in [-0.05, 0) is 31.6 Å². The predicted octanol–water partition coefficient (Wildman–Crippen LogP) is 3.24. The van der Waals surface area contributed by atoms with Gasteiger partial charge in [0.2, 0.25) is 0 Å². The first-order valence-corrected chi connectivity index (χ1v) is 6.21. The molecular weight excluding hydrogens is 208 g/mol. The lowest BCUT2D eigenvalue weighted by Crippen LogP contribution is -2.18. The molecular formula is C12H19ClN2. The van der Waals surface area contributed by atoms with Crippen LogP contribution >= 0.6 is 11.6 Å². The molecule has 1 fully saturated rings. The third kappa shape index (κ3) is 2.36. The van der Waals surface area contributed by atoms with Crippen molar-refractivity contribution in [3.8, 4) is 0 Å². The van der Waals surface area contributed by atoms with Crippen LogP contribution in [0.15, 0.2) is 12.4 Å². The summed E-state index contributed by atoms with van der Waals surface area (Å²) in [6.07, 6.45) is 8.55. The first-order valence-electron chi connectivity index (χ1n) is 5.77. The Balaban J connectivity index is 2.08. The molecule has 84 valence electrons. The molecule has 2 atom stereocenters. The zero-order valence-corrected chi connectivity index (χ0v) is 10.3. The Labute approximate surface area is 96.7 Å². The summed E-state index contributed by atoms with van der Waals surface area (Å²) in [6, 6.07) is 0. The minimum absolute atomic E-state index is 0.366. The average Bonchev–Trinajstić information content (AvgIpc) is 2.74. The molecule has 1 aliphatic carbocycles. The first kappa shape index (κ1) is 11.0. The second kappa shape index (κ2) is 4.17. The van der Waals surface area contributed by atoms with Crippen molar-refractivity contribution in [3.63, 3.8) is 0 Å². The van der Waals surface area contributed by atoms with Crippen LogP contribution in [0.1, 0.15) is 38.9 Å². The molecule has 0 amide bonds. The van der Waals surface area contributed by atoms with Crippen molar-refractivity contribution in [1.29, 1.82) is 0 Å². The molecule has 1 heterocycles. The number of hydrogen-bond donors (Lipinski definition) is 0. The summed E-state index contributed by atoms with van der Waals surface area (Å²) in [5, 5.41) is 0.375. The van der Waals surface area contributed by atoms with E-state index >= 15 is 0 Å². The maximum atomic E-state index is 6.18. The average molecular weight is 227 g/mol. The Morgan fingerprint density at radius 2 is 2.47 bits per heavy atom. The molecule has 1 saturated carbocycles. The maximum Gasteiger partial charge on any atom is 0.109 e. The van der Waals surface area contributed by atoms with Gasteiger partial charge in [-0.25, -0.2) is 4.98 Å². The number of nitrogens with zero attached hydrogens (tertiary/aromatic N) is 2. The lowest BCUT2D eigenvalue weighted by Gasteiger charge is -2.23. The summed E-state index contributed by atoms with van der Waals surface area (Å²) in [6.45, 7) is 5.51. The van der Waals surface area contributed by atoms with Crippen molar-refractivity contribution in [3.05, 3.63) is 18.2 Å². The van der Waals surface area contributed by atoms with Crippen LogP contribution in [0.2, 0.25) is 0 Å². The second-order valence-corrected chi connectivity index (χ2v) is 5.57. The molecule has 2 rings (SSSR count). The SMILES string of the molecule is CCn1ccnc1CC1(C)CCC(Cl)C1. The molecule has 0 aliphatic heterocycles. The highest BCUT2D eigenvalue weighted by Crippen LogP contribution is 2.42. The van der Waals surface area contributed by atoms with Crippen LogP contribution < -0.4 is 0 Å². The van der Waals surface area contributed by atoms with Crippen LogP contribution in [-0.2, 0) is 13.0 Å². The quantitative estimate of drug-likeness (QED) is 0.724. The highest BCUT2D eigenvalue weighted by atomic mass is 35.5. The summed E-state index contributed by atoms with van der Waals surface area (Å²) in [7, 11) is 0. The van der Waals surface area contributed by atoms with E-state index < -0.39 is 0 Å². The number of alkyl halides is 1. The highest BCUT2D eigenvalue weighted by Gasteiger charge is 2.35. The van der Waals surface area contributed by atoms with Crippen LogP contribution in [0.4, 0.5) is 0 Å². The molecule has 1 aromatic heterocycles. The molecule has 0 bridgehead atoms. The topological polar surface area (TPSA) is 17.8 Å².